The molecule has 1 aliphatic heterocycles. The number of nitrogens with zero attached hydrogens (tertiary/aromatic N) is 1. The molecule has 1 N–H and O–H groups in total. The fraction of sp³-hybridized carbons (Fsp3) is 0.733. The monoisotopic (exact) mass is 314 g/mol. The van der Waals surface area contributed by atoms with Gasteiger partial charge in [-0.3, -0.25) is 4.90 Å². The largest absolute Gasteiger partial charge is 0.463 e. The molecule has 0 radical (unpaired) electrons. The molecular formula is C15H26N2O3S. The second-order valence-electron chi connectivity index (χ2n) is 6.17. The van der Waals surface area contributed by atoms with Crippen LogP contribution in [0.3, 0.4) is 0 Å². The molecule has 1 aromatic rings. The fourth-order valence-electron chi connectivity index (χ4n) is 2.45. The van der Waals surface area contributed by atoms with Crippen molar-refractivity contribution in [3.05, 3.63) is 23.7 Å². The first-order valence-electron chi connectivity index (χ1n) is 7.66. The molecule has 0 unspecified atom stereocenters. The highest BCUT2D eigenvalue weighted by atomic mass is 32.2. The maximum atomic E-state index is 11.6. The molecule has 1 saturated heterocycles. The third-order valence-corrected chi connectivity index (χ3v) is 5.31. The minimum atomic E-state index is -2.84. The van der Waals surface area contributed by atoms with E-state index in [2.05, 4.69) is 24.1 Å². The zero-order valence-electron chi connectivity index (χ0n) is 13.0. The first-order chi connectivity index (χ1) is 9.94. The van der Waals surface area contributed by atoms with Crippen molar-refractivity contribution >= 4 is 9.84 Å². The van der Waals surface area contributed by atoms with Crippen LogP contribution < -0.4 is 5.32 Å². The van der Waals surface area contributed by atoms with Crippen molar-refractivity contribution in [3.8, 4) is 0 Å². The third-order valence-electron chi connectivity index (χ3n) is 3.60. The average molecular weight is 314 g/mol. The van der Waals surface area contributed by atoms with Crippen molar-refractivity contribution in [2.45, 2.75) is 33.4 Å². The zero-order valence-corrected chi connectivity index (χ0v) is 13.8. The smallest absolute Gasteiger partial charge is 0.151 e. The van der Waals surface area contributed by atoms with E-state index in [1.54, 1.807) is 0 Å². The molecule has 6 heteroatoms. The Morgan fingerprint density at radius 3 is 2.76 bits per heavy atom. The van der Waals surface area contributed by atoms with Crippen LogP contribution in [0.1, 0.15) is 31.8 Å². The lowest BCUT2D eigenvalue weighted by atomic mass is 10.2. The van der Waals surface area contributed by atoms with E-state index in [4.69, 9.17) is 4.42 Å². The van der Waals surface area contributed by atoms with Crippen molar-refractivity contribution in [1.82, 2.24) is 10.2 Å². The summed E-state index contributed by atoms with van der Waals surface area (Å²) < 4.78 is 29.0. The highest BCUT2D eigenvalue weighted by Crippen LogP contribution is 2.13. The molecule has 1 aromatic heterocycles. The Morgan fingerprint density at radius 1 is 1.24 bits per heavy atom. The summed E-state index contributed by atoms with van der Waals surface area (Å²) in [6.07, 6.45) is 0.714. The molecule has 120 valence electrons. The molecule has 2 heterocycles. The van der Waals surface area contributed by atoms with E-state index < -0.39 is 9.84 Å². The van der Waals surface area contributed by atoms with Crippen LogP contribution in [-0.2, 0) is 22.9 Å². The molecule has 0 saturated carbocycles. The summed E-state index contributed by atoms with van der Waals surface area (Å²) in [5, 5.41) is 3.35. The van der Waals surface area contributed by atoms with Gasteiger partial charge in [0.15, 0.2) is 9.84 Å². The summed E-state index contributed by atoms with van der Waals surface area (Å²) in [6, 6.07) is 3.99. The van der Waals surface area contributed by atoms with E-state index in [0.717, 1.165) is 31.2 Å². The van der Waals surface area contributed by atoms with Crippen molar-refractivity contribution in [1.29, 1.82) is 0 Å². The number of rotatable bonds is 6. The van der Waals surface area contributed by atoms with Crippen molar-refractivity contribution in [2.24, 2.45) is 5.92 Å². The van der Waals surface area contributed by atoms with Crippen LogP contribution in [0.25, 0.3) is 0 Å². The third kappa shape index (κ3) is 5.80. The molecular weight excluding hydrogens is 288 g/mol. The Hall–Kier alpha value is -0.850. The Balaban J connectivity index is 1.82. The summed E-state index contributed by atoms with van der Waals surface area (Å²) in [6.45, 7) is 8.18. The summed E-state index contributed by atoms with van der Waals surface area (Å²) in [7, 11) is -2.84. The van der Waals surface area contributed by atoms with Crippen LogP contribution in [0.15, 0.2) is 16.5 Å². The Bertz CT molecular complexity index is 537. The molecule has 2 rings (SSSR count). The highest BCUT2D eigenvalue weighted by molar-refractivity contribution is 7.91. The summed E-state index contributed by atoms with van der Waals surface area (Å²) in [5.41, 5.74) is 0. The van der Waals surface area contributed by atoms with Crippen LogP contribution in [-0.4, -0.2) is 44.5 Å². The van der Waals surface area contributed by atoms with Gasteiger partial charge in [-0.05, 0) is 37.6 Å². The first kappa shape index (κ1) is 16.5. The second-order valence-corrected chi connectivity index (χ2v) is 8.48. The molecule has 5 nitrogen and oxygen atoms in total. The van der Waals surface area contributed by atoms with E-state index in [9.17, 15) is 8.42 Å². The van der Waals surface area contributed by atoms with Crippen molar-refractivity contribution in [3.63, 3.8) is 0 Å². The highest BCUT2D eigenvalue weighted by Gasteiger charge is 2.19. The van der Waals surface area contributed by atoms with Crippen LogP contribution in [0.5, 0.6) is 0 Å². The minimum Gasteiger partial charge on any atom is -0.463 e. The molecule has 21 heavy (non-hydrogen) atoms. The van der Waals surface area contributed by atoms with Gasteiger partial charge in [0.1, 0.15) is 11.5 Å². The SMILES string of the molecule is CC(C)CNCc1ccc(CN2CCCS(=O)(=O)CC2)o1. The maximum absolute atomic E-state index is 11.6. The molecule has 0 atom stereocenters. The Kier molecular flexibility index (Phi) is 5.84. The molecule has 0 spiro atoms. The van der Waals surface area contributed by atoms with Crippen LogP contribution >= 0.6 is 0 Å². The van der Waals surface area contributed by atoms with Gasteiger partial charge in [0, 0.05) is 6.54 Å². The maximum Gasteiger partial charge on any atom is 0.151 e. The molecule has 1 fully saturated rings. The summed E-state index contributed by atoms with van der Waals surface area (Å²) in [5.74, 6) is 3.05. The Morgan fingerprint density at radius 2 is 2.00 bits per heavy atom. The fourth-order valence-corrected chi connectivity index (χ4v) is 3.76. The van der Waals surface area contributed by atoms with Crippen LogP contribution in [0, 0.1) is 5.92 Å². The average Bonchev–Trinajstić information content (AvgIpc) is 2.75. The lowest BCUT2D eigenvalue weighted by molar-refractivity contribution is 0.258. The topological polar surface area (TPSA) is 62.6 Å². The molecule has 0 aromatic carbocycles. The van der Waals surface area contributed by atoms with Gasteiger partial charge in [-0.25, -0.2) is 8.42 Å². The lowest BCUT2D eigenvalue weighted by Gasteiger charge is -2.17. The van der Waals surface area contributed by atoms with Gasteiger partial charge in [-0.2, -0.15) is 0 Å². The van der Waals surface area contributed by atoms with Gasteiger partial charge in [0.05, 0.1) is 24.6 Å². The second kappa shape index (κ2) is 7.42. The van der Waals surface area contributed by atoms with Crippen molar-refractivity contribution < 1.29 is 12.8 Å². The zero-order chi connectivity index (χ0) is 15.3. The molecule has 0 amide bonds. The standard InChI is InChI=1S/C15H26N2O3S/c1-13(2)10-16-11-14-4-5-15(20-14)12-17-6-3-8-21(18,19)9-7-17/h4-5,13,16H,3,6-12H2,1-2H3. The van der Waals surface area contributed by atoms with Gasteiger partial charge in [-0.15, -0.1) is 0 Å². The lowest BCUT2D eigenvalue weighted by Crippen LogP contribution is -2.26. The van der Waals surface area contributed by atoms with E-state index in [0.29, 0.717) is 31.2 Å². The number of nitrogens with one attached hydrogen (secondary N) is 1. The van der Waals surface area contributed by atoms with Gasteiger partial charge < -0.3 is 9.73 Å². The summed E-state index contributed by atoms with van der Waals surface area (Å²) in [4.78, 5) is 2.16. The van der Waals surface area contributed by atoms with Gasteiger partial charge in [-0.1, -0.05) is 13.8 Å². The molecule has 1 aliphatic rings. The Labute approximate surface area is 127 Å². The van der Waals surface area contributed by atoms with Crippen LogP contribution in [0.4, 0.5) is 0 Å². The number of hydrogen-bond acceptors (Lipinski definition) is 5. The van der Waals surface area contributed by atoms with E-state index in [1.807, 2.05) is 12.1 Å². The number of sulfone groups is 1. The van der Waals surface area contributed by atoms with Gasteiger partial charge in [0.2, 0.25) is 0 Å². The predicted octanol–water partition coefficient (Wildman–Crippen LogP) is 1.65. The minimum absolute atomic E-state index is 0.260. The summed E-state index contributed by atoms with van der Waals surface area (Å²) >= 11 is 0. The molecule has 0 aliphatic carbocycles. The molecule has 0 bridgehead atoms. The normalized spacial score (nSPS) is 19.8. The first-order valence-corrected chi connectivity index (χ1v) is 9.48. The number of furan rings is 1. The van der Waals surface area contributed by atoms with Gasteiger partial charge in [0.25, 0.3) is 0 Å². The number of hydrogen-bond donors (Lipinski definition) is 1. The van der Waals surface area contributed by atoms with E-state index in [1.165, 1.54) is 0 Å². The van der Waals surface area contributed by atoms with Crippen LogP contribution in [0.2, 0.25) is 0 Å². The van der Waals surface area contributed by atoms with E-state index >= 15 is 0 Å². The van der Waals surface area contributed by atoms with E-state index in [-0.39, 0.29) is 5.75 Å². The van der Waals surface area contributed by atoms with Crippen molar-refractivity contribution in [2.75, 3.05) is 31.1 Å². The quantitative estimate of drug-likeness (QED) is 0.865. The predicted molar refractivity (Wildman–Crippen MR) is 83.8 cm³/mol. The van der Waals surface area contributed by atoms with Gasteiger partial charge >= 0.3 is 0 Å².